The van der Waals surface area contributed by atoms with E-state index in [0.29, 0.717) is 16.1 Å². The highest BCUT2D eigenvalue weighted by Gasteiger charge is 2.30. The maximum atomic E-state index is 12.7. The Morgan fingerprint density at radius 1 is 1.24 bits per heavy atom. The van der Waals surface area contributed by atoms with E-state index in [9.17, 15) is 4.79 Å². The van der Waals surface area contributed by atoms with Crippen molar-refractivity contribution < 1.29 is 9.53 Å². The minimum absolute atomic E-state index is 0.00518. The van der Waals surface area contributed by atoms with Crippen molar-refractivity contribution in [1.29, 1.82) is 0 Å². The molecular weight excluding hydrogens is 399 g/mol. The molecule has 2 aromatic rings. The first-order valence-electron chi connectivity index (χ1n) is 6.67. The molecule has 1 heterocycles. The van der Waals surface area contributed by atoms with Gasteiger partial charge in [-0.25, -0.2) is 0 Å². The number of carbonyl (C=O) groups is 1. The third-order valence-electron chi connectivity index (χ3n) is 3.50. The third-order valence-corrected chi connectivity index (χ3v) is 4.67. The second-order valence-electron chi connectivity index (χ2n) is 5.81. The summed E-state index contributed by atoms with van der Waals surface area (Å²) in [4.78, 5) is 12.7. The van der Waals surface area contributed by atoms with Crippen molar-refractivity contribution in [3.63, 3.8) is 0 Å². The van der Waals surface area contributed by atoms with Gasteiger partial charge in [-0.2, -0.15) is 0 Å². The maximum Gasteiger partial charge on any atom is 0.194 e. The summed E-state index contributed by atoms with van der Waals surface area (Å²) in [6.45, 7) is 4.10. The van der Waals surface area contributed by atoms with Crippen molar-refractivity contribution in [2.45, 2.75) is 25.9 Å². The Balaban J connectivity index is 1.99. The fourth-order valence-corrected chi connectivity index (χ4v) is 3.33. The van der Waals surface area contributed by atoms with Crippen molar-refractivity contribution >= 4 is 40.0 Å². The van der Waals surface area contributed by atoms with E-state index in [-0.39, 0.29) is 11.4 Å². The van der Waals surface area contributed by atoms with Crippen LogP contribution in [0.15, 0.2) is 36.4 Å². The molecule has 108 valence electrons. The Bertz CT molecular complexity index is 738. The molecule has 0 aliphatic carbocycles. The van der Waals surface area contributed by atoms with Crippen LogP contribution in [0, 0.1) is 3.57 Å². The number of halogens is 2. The van der Waals surface area contributed by atoms with Crippen LogP contribution in [0.1, 0.15) is 35.3 Å². The molecule has 0 saturated heterocycles. The Morgan fingerprint density at radius 3 is 2.76 bits per heavy atom. The molecular formula is C17H14ClIO2. The largest absolute Gasteiger partial charge is 0.487 e. The zero-order valence-electron chi connectivity index (χ0n) is 11.7. The van der Waals surface area contributed by atoms with E-state index in [2.05, 4.69) is 36.4 Å². The molecule has 0 N–H and O–H groups in total. The topological polar surface area (TPSA) is 26.3 Å². The van der Waals surface area contributed by atoms with Crippen molar-refractivity contribution in [1.82, 2.24) is 0 Å². The summed E-state index contributed by atoms with van der Waals surface area (Å²) in [7, 11) is 0. The number of ether oxygens (including phenoxy) is 1. The zero-order valence-corrected chi connectivity index (χ0v) is 14.7. The van der Waals surface area contributed by atoms with Crippen molar-refractivity contribution in [3.8, 4) is 5.75 Å². The molecule has 0 aromatic heterocycles. The summed E-state index contributed by atoms with van der Waals surface area (Å²) >= 11 is 8.16. The lowest BCUT2D eigenvalue weighted by Crippen LogP contribution is -2.24. The lowest BCUT2D eigenvalue weighted by atomic mass is 9.97. The van der Waals surface area contributed by atoms with Gasteiger partial charge in [-0.05, 0) is 78.4 Å². The summed E-state index contributed by atoms with van der Waals surface area (Å²) in [6, 6.07) is 11.0. The smallest absolute Gasteiger partial charge is 0.194 e. The molecule has 0 saturated carbocycles. The van der Waals surface area contributed by atoms with E-state index in [0.717, 1.165) is 21.3 Å². The van der Waals surface area contributed by atoms with Crippen LogP contribution in [-0.2, 0) is 6.42 Å². The monoisotopic (exact) mass is 412 g/mol. The number of benzene rings is 2. The minimum atomic E-state index is -0.200. The van der Waals surface area contributed by atoms with Crippen molar-refractivity contribution in [3.05, 3.63) is 61.7 Å². The van der Waals surface area contributed by atoms with Crippen LogP contribution in [0.5, 0.6) is 5.75 Å². The molecule has 21 heavy (non-hydrogen) atoms. The van der Waals surface area contributed by atoms with E-state index in [1.807, 2.05) is 24.3 Å². The lowest BCUT2D eigenvalue weighted by Gasteiger charge is -2.16. The number of rotatable bonds is 2. The van der Waals surface area contributed by atoms with Gasteiger partial charge in [-0.1, -0.05) is 11.6 Å². The van der Waals surface area contributed by atoms with Crippen molar-refractivity contribution in [2.24, 2.45) is 0 Å². The average Bonchev–Trinajstić information content (AvgIpc) is 2.73. The van der Waals surface area contributed by atoms with Gasteiger partial charge in [0.05, 0.1) is 0 Å². The highest BCUT2D eigenvalue weighted by molar-refractivity contribution is 14.1. The molecule has 1 aliphatic rings. The first kappa shape index (κ1) is 14.9. The molecule has 2 aromatic carbocycles. The van der Waals surface area contributed by atoms with Crippen LogP contribution in [0.25, 0.3) is 0 Å². The number of fused-ring (bicyclic) bond motifs is 1. The van der Waals surface area contributed by atoms with Crippen LogP contribution >= 0.6 is 34.2 Å². The molecule has 0 fully saturated rings. The van der Waals surface area contributed by atoms with Gasteiger partial charge in [0.25, 0.3) is 0 Å². The van der Waals surface area contributed by atoms with Gasteiger partial charge in [0.15, 0.2) is 5.78 Å². The number of hydrogen-bond donors (Lipinski definition) is 0. The van der Waals surface area contributed by atoms with Gasteiger partial charge in [-0.15, -0.1) is 0 Å². The molecule has 0 unspecified atom stereocenters. The number of carbonyl (C=O) groups excluding carboxylic acids is 1. The fraction of sp³-hybridized carbons (Fsp3) is 0.235. The highest BCUT2D eigenvalue weighted by atomic mass is 127. The Morgan fingerprint density at radius 2 is 2.00 bits per heavy atom. The van der Waals surface area contributed by atoms with Crippen LogP contribution < -0.4 is 4.74 Å². The van der Waals surface area contributed by atoms with Gasteiger partial charge >= 0.3 is 0 Å². The predicted octanol–water partition coefficient (Wildman–Crippen LogP) is 4.89. The molecule has 0 radical (unpaired) electrons. The number of hydrogen-bond acceptors (Lipinski definition) is 2. The summed E-state index contributed by atoms with van der Waals surface area (Å²) in [5.74, 6) is 0.867. The van der Waals surface area contributed by atoms with E-state index < -0.39 is 0 Å². The van der Waals surface area contributed by atoms with Crippen LogP contribution in [-0.4, -0.2) is 11.4 Å². The van der Waals surface area contributed by atoms with E-state index in [4.69, 9.17) is 16.3 Å². The van der Waals surface area contributed by atoms with E-state index in [1.165, 1.54) is 0 Å². The first-order valence-corrected chi connectivity index (χ1v) is 8.13. The predicted molar refractivity (Wildman–Crippen MR) is 92.5 cm³/mol. The minimum Gasteiger partial charge on any atom is -0.487 e. The molecule has 4 heteroatoms. The quantitative estimate of drug-likeness (QED) is 0.519. The van der Waals surface area contributed by atoms with Gasteiger partial charge in [0.2, 0.25) is 0 Å². The van der Waals surface area contributed by atoms with Crippen LogP contribution in [0.4, 0.5) is 0 Å². The summed E-state index contributed by atoms with van der Waals surface area (Å²) in [6.07, 6.45) is 0.816. The molecule has 2 nitrogen and oxygen atoms in total. The van der Waals surface area contributed by atoms with Gasteiger partial charge in [0, 0.05) is 26.1 Å². The summed E-state index contributed by atoms with van der Waals surface area (Å²) in [5, 5.41) is 0.574. The fourth-order valence-electron chi connectivity index (χ4n) is 2.58. The van der Waals surface area contributed by atoms with E-state index >= 15 is 0 Å². The standard InChI is InChI=1S/C17H14ClIO2/c1-17(2)9-11-7-10(3-6-15(11)21-17)16(20)13-8-12(18)4-5-14(13)19/h3-8H,9H2,1-2H3. The lowest BCUT2D eigenvalue weighted by molar-refractivity contribution is 0.103. The Kier molecular flexibility index (Phi) is 3.74. The SMILES string of the molecule is CC1(C)Cc2cc(C(=O)c3cc(Cl)ccc3I)ccc2O1. The first-order chi connectivity index (χ1) is 9.85. The second kappa shape index (κ2) is 5.29. The zero-order chi connectivity index (χ0) is 15.2. The van der Waals surface area contributed by atoms with Crippen LogP contribution in [0.3, 0.4) is 0 Å². The Hall–Kier alpha value is -1.07. The number of ketones is 1. The third kappa shape index (κ3) is 2.94. The molecule has 0 amide bonds. The average molecular weight is 413 g/mol. The van der Waals surface area contributed by atoms with E-state index in [1.54, 1.807) is 12.1 Å². The van der Waals surface area contributed by atoms with Crippen molar-refractivity contribution in [2.75, 3.05) is 0 Å². The highest BCUT2D eigenvalue weighted by Crippen LogP contribution is 2.35. The van der Waals surface area contributed by atoms with Gasteiger partial charge in [0.1, 0.15) is 11.4 Å². The molecule has 3 rings (SSSR count). The molecule has 0 bridgehead atoms. The Labute approximate surface area is 142 Å². The normalized spacial score (nSPS) is 15.4. The molecule has 1 aliphatic heterocycles. The summed E-state index contributed by atoms with van der Waals surface area (Å²) in [5.41, 5.74) is 2.20. The van der Waals surface area contributed by atoms with Gasteiger partial charge < -0.3 is 4.74 Å². The molecule has 0 atom stereocenters. The second-order valence-corrected chi connectivity index (χ2v) is 7.41. The van der Waals surface area contributed by atoms with Gasteiger partial charge in [-0.3, -0.25) is 4.79 Å². The molecule has 0 spiro atoms. The van der Waals surface area contributed by atoms with Crippen LogP contribution in [0.2, 0.25) is 5.02 Å². The maximum absolute atomic E-state index is 12.7. The summed E-state index contributed by atoms with van der Waals surface area (Å²) < 4.78 is 6.75.